The van der Waals surface area contributed by atoms with Crippen LogP contribution in [0.1, 0.15) is 30.1 Å². The molecular weight excluding hydrogens is 268 g/mol. The largest absolute Gasteiger partial charge is 0.356 e. The Morgan fingerprint density at radius 2 is 2.05 bits per heavy atom. The Hall–Kier alpha value is -2.31. The van der Waals surface area contributed by atoms with E-state index in [1.165, 1.54) is 6.33 Å². The van der Waals surface area contributed by atoms with Crippen molar-refractivity contribution in [2.45, 2.75) is 39.7 Å². The van der Waals surface area contributed by atoms with E-state index in [0.717, 1.165) is 23.6 Å². The molecule has 0 bridgehead atoms. The maximum atomic E-state index is 11.7. The SMILES string of the molecule is Cc1cc(C)nc(CCNC(=O)CCCn2cncn2)n1. The summed E-state index contributed by atoms with van der Waals surface area (Å²) in [4.78, 5) is 24.2. The van der Waals surface area contributed by atoms with Gasteiger partial charge in [-0.2, -0.15) is 5.10 Å². The zero-order valence-corrected chi connectivity index (χ0v) is 12.4. The van der Waals surface area contributed by atoms with Gasteiger partial charge in [-0.15, -0.1) is 0 Å². The number of rotatable bonds is 7. The summed E-state index contributed by atoms with van der Waals surface area (Å²) in [5.41, 5.74) is 1.91. The summed E-state index contributed by atoms with van der Waals surface area (Å²) in [7, 11) is 0. The van der Waals surface area contributed by atoms with Crippen molar-refractivity contribution >= 4 is 5.91 Å². The first-order valence-corrected chi connectivity index (χ1v) is 7.04. The van der Waals surface area contributed by atoms with E-state index < -0.39 is 0 Å². The fraction of sp³-hybridized carbons (Fsp3) is 0.500. The molecule has 1 N–H and O–H groups in total. The van der Waals surface area contributed by atoms with Crippen LogP contribution in [0, 0.1) is 13.8 Å². The molecule has 112 valence electrons. The third kappa shape index (κ3) is 5.29. The van der Waals surface area contributed by atoms with Crippen LogP contribution in [0.4, 0.5) is 0 Å². The van der Waals surface area contributed by atoms with Crippen LogP contribution < -0.4 is 5.32 Å². The zero-order valence-electron chi connectivity index (χ0n) is 12.4. The van der Waals surface area contributed by atoms with Gasteiger partial charge in [0.2, 0.25) is 5.91 Å². The predicted octanol–water partition coefficient (Wildman–Crippen LogP) is 0.824. The van der Waals surface area contributed by atoms with E-state index in [9.17, 15) is 4.79 Å². The highest BCUT2D eigenvalue weighted by atomic mass is 16.1. The Morgan fingerprint density at radius 3 is 2.71 bits per heavy atom. The van der Waals surface area contributed by atoms with Gasteiger partial charge in [0.25, 0.3) is 0 Å². The van der Waals surface area contributed by atoms with Gasteiger partial charge in [-0.1, -0.05) is 0 Å². The van der Waals surface area contributed by atoms with Crippen molar-refractivity contribution in [1.29, 1.82) is 0 Å². The van der Waals surface area contributed by atoms with Crippen LogP contribution in [0.2, 0.25) is 0 Å². The molecule has 0 saturated heterocycles. The van der Waals surface area contributed by atoms with Crippen molar-refractivity contribution in [3.05, 3.63) is 35.9 Å². The fourth-order valence-corrected chi connectivity index (χ4v) is 2.06. The second-order valence-corrected chi connectivity index (χ2v) is 4.93. The number of hydrogen-bond donors (Lipinski definition) is 1. The van der Waals surface area contributed by atoms with Crippen LogP contribution in [0.25, 0.3) is 0 Å². The smallest absolute Gasteiger partial charge is 0.220 e. The highest BCUT2D eigenvalue weighted by Gasteiger charge is 2.03. The van der Waals surface area contributed by atoms with Crippen molar-refractivity contribution in [1.82, 2.24) is 30.0 Å². The Morgan fingerprint density at radius 1 is 1.29 bits per heavy atom. The molecule has 0 saturated carbocycles. The van der Waals surface area contributed by atoms with Gasteiger partial charge in [0, 0.05) is 37.3 Å². The van der Waals surface area contributed by atoms with E-state index in [1.54, 1.807) is 11.0 Å². The number of aryl methyl sites for hydroxylation is 3. The molecule has 0 atom stereocenters. The number of nitrogens with one attached hydrogen (secondary N) is 1. The van der Waals surface area contributed by atoms with E-state index in [2.05, 4.69) is 25.4 Å². The van der Waals surface area contributed by atoms with Gasteiger partial charge in [0.15, 0.2) is 0 Å². The minimum atomic E-state index is 0.0412. The number of carbonyl (C=O) groups is 1. The Kier molecular flexibility index (Phi) is 5.36. The standard InChI is InChI=1S/C14H20N6O/c1-11-8-12(2)19-13(18-11)5-6-16-14(21)4-3-7-20-10-15-9-17-20/h8-10H,3-7H2,1-2H3,(H,16,21). The average Bonchev–Trinajstić information content (AvgIpc) is 2.91. The number of nitrogens with zero attached hydrogens (tertiary/aromatic N) is 5. The minimum absolute atomic E-state index is 0.0412. The van der Waals surface area contributed by atoms with Gasteiger partial charge in [-0.25, -0.2) is 15.0 Å². The second kappa shape index (κ2) is 7.47. The lowest BCUT2D eigenvalue weighted by Crippen LogP contribution is -2.26. The van der Waals surface area contributed by atoms with Crippen molar-refractivity contribution in [2.24, 2.45) is 0 Å². The maximum Gasteiger partial charge on any atom is 0.220 e. The highest BCUT2D eigenvalue weighted by molar-refractivity contribution is 5.75. The van der Waals surface area contributed by atoms with E-state index in [-0.39, 0.29) is 5.91 Å². The molecule has 0 aliphatic rings. The first-order valence-electron chi connectivity index (χ1n) is 7.04. The van der Waals surface area contributed by atoms with Crippen molar-refractivity contribution in [2.75, 3.05) is 6.54 Å². The van der Waals surface area contributed by atoms with Crippen LogP contribution in [0.15, 0.2) is 18.7 Å². The molecule has 0 aromatic carbocycles. The van der Waals surface area contributed by atoms with Gasteiger partial charge in [0.1, 0.15) is 18.5 Å². The highest BCUT2D eigenvalue weighted by Crippen LogP contribution is 1.99. The van der Waals surface area contributed by atoms with Crippen LogP contribution in [0.3, 0.4) is 0 Å². The quantitative estimate of drug-likeness (QED) is 0.815. The Labute approximate surface area is 123 Å². The summed E-state index contributed by atoms with van der Waals surface area (Å²) in [6, 6.07) is 1.94. The molecule has 0 unspecified atom stereocenters. The van der Waals surface area contributed by atoms with Gasteiger partial charge in [-0.3, -0.25) is 9.48 Å². The Balaban J connectivity index is 1.64. The third-order valence-corrected chi connectivity index (χ3v) is 2.96. The number of carbonyl (C=O) groups excluding carboxylic acids is 1. The van der Waals surface area contributed by atoms with E-state index >= 15 is 0 Å². The normalized spacial score (nSPS) is 10.6. The number of amides is 1. The van der Waals surface area contributed by atoms with E-state index in [0.29, 0.717) is 25.9 Å². The van der Waals surface area contributed by atoms with E-state index in [1.807, 2.05) is 19.9 Å². The molecule has 2 rings (SSSR count). The molecule has 2 aromatic heterocycles. The third-order valence-electron chi connectivity index (χ3n) is 2.96. The summed E-state index contributed by atoms with van der Waals surface area (Å²) in [5, 5.41) is 6.87. The van der Waals surface area contributed by atoms with Gasteiger partial charge < -0.3 is 5.32 Å². The summed E-state index contributed by atoms with van der Waals surface area (Å²) in [6.45, 7) is 5.15. The molecule has 0 radical (unpaired) electrons. The van der Waals surface area contributed by atoms with Crippen LogP contribution >= 0.6 is 0 Å². The molecule has 7 heteroatoms. The molecule has 0 aliphatic carbocycles. The summed E-state index contributed by atoms with van der Waals surface area (Å²) in [5.74, 6) is 0.815. The summed E-state index contributed by atoms with van der Waals surface area (Å²) >= 11 is 0. The minimum Gasteiger partial charge on any atom is -0.356 e. The molecule has 0 fully saturated rings. The lowest BCUT2D eigenvalue weighted by molar-refractivity contribution is -0.121. The summed E-state index contributed by atoms with van der Waals surface area (Å²) in [6.07, 6.45) is 5.01. The van der Waals surface area contributed by atoms with Gasteiger partial charge in [-0.05, 0) is 26.3 Å². The first kappa shape index (κ1) is 15.1. The van der Waals surface area contributed by atoms with Gasteiger partial charge in [0.05, 0.1) is 0 Å². The topological polar surface area (TPSA) is 85.6 Å². The molecular formula is C14H20N6O. The molecule has 2 aromatic rings. The van der Waals surface area contributed by atoms with Crippen LogP contribution in [0.5, 0.6) is 0 Å². The predicted molar refractivity (Wildman–Crippen MR) is 77.5 cm³/mol. The maximum absolute atomic E-state index is 11.7. The van der Waals surface area contributed by atoms with Crippen LogP contribution in [-0.2, 0) is 17.8 Å². The molecule has 0 spiro atoms. The zero-order chi connectivity index (χ0) is 15.1. The van der Waals surface area contributed by atoms with Crippen molar-refractivity contribution in [3.63, 3.8) is 0 Å². The Bertz CT molecular complexity index is 561. The lowest BCUT2D eigenvalue weighted by Gasteiger charge is -2.06. The average molecular weight is 288 g/mol. The first-order chi connectivity index (χ1) is 10.1. The monoisotopic (exact) mass is 288 g/mol. The van der Waals surface area contributed by atoms with Crippen molar-refractivity contribution in [3.8, 4) is 0 Å². The molecule has 0 aliphatic heterocycles. The molecule has 7 nitrogen and oxygen atoms in total. The molecule has 2 heterocycles. The summed E-state index contributed by atoms with van der Waals surface area (Å²) < 4.78 is 1.72. The van der Waals surface area contributed by atoms with Crippen LogP contribution in [-0.4, -0.2) is 37.2 Å². The number of hydrogen-bond acceptors (Lipinski definition) is 5. The molecule has 1 amide bonds. The second-order valence-electron chi connectivity index (χ2n) is 4.93. The lowest BCUT2D eigenvalue weighted by atomic mass is 10.3. The molecule has 21 heavy (non-hydrogen) atoms. The van der Waals surface area contributed by atoms with Gasteiger partial charge >= 0.3 is 0 Å². The van der Waals surface area contributed by atoms with E-state index in [4.69, 9.17) is 0 Å². The fourth-order valence-electron chi connectivity index (χ4n) is 2.06. The van der Waals surface area contributed by atoms with Crippen molar-refractivity contribution < 1.29 is 4.79 Å². The number of aromatic nitrogens is 5.